The van der Waals surface area contributed by atoms with Gasteiger partial charge in [0.2, 0.25) is 5.91 Å². The molecule has 2 amide bonds. The molecule has 0 radical (unpaired) electrons. The number of primary amides is 1. The number of benzene rings is 2. The molecule has 11 heteroatoms. The minimum absolute atomic E-state index is 0.0311. The molecule has 0 spiro atoms. The second kappa shape index (κ2) is 12.0. The van der Waals surface area contributed by atoms with Crippen LogP contribution >= 0.6 is 0 Å². The molecule has 11 nitrogen and oxygen atoms in total. The molecule has 1 aromatic heterocycles. The molecule has 1 saturated heterocycles. The molecular formula is C29H34N4O7. The van der Waals surface area contributed by atoms with E-state index in [0.717, 1.165) is 57.7 Å². The molecule has 212 valence electrons. The third-order valence-corrected chi connectivity index (χ3v) is 7.78. The van der Waals surface area contributed by atoms with Crippen molar-refractivity contribution in [2.24, 2.45) is 5.73 Å². The van der Waals surface area contributed by atoms with E-state index in [4.69, 9.17) is 19.7 Å². The van der Waals surface area contributed by atoms with Crippen molar-refractivity contribution >= 4 is 11.8 Å². The van der Waals surface area contributed by atoms with Crippen LogP contribution in [0.5, 0.6) is 23.0 Å². The number of nitrogens with zero attached hydrogens (tertiary/aromatic N) is 2. The maximum Gasteiger partial charge on any atom is 0.273 e. The van der Waals surface area contributed by atoms with Crippen LogP contribution in [0.2, 0.25) is 0 Å². The molecule has 2 aliphatic rings. The third kappa shape index (κ3) is 6.21. The maximum atomic E-state index is 13.0. The van der Waals surface area contributed by atoms with E-state index in [1.54, 1.807) is 7.11 Å². The summed E-state index contributed by atoms with van der Waals surface area (Å²) >= 11 is 0. The number of hydrogen-bond acceptors (Lipinski definition) is 9. The van der Waals surface area contributed by atoms with Crippen molar-refractivity contribution in [1.82, 2.24) is 15.4 Å². The van der Waals surface area contributed by atoms with E-state index in [9.17, 15) is 19.8 Å². The summed E-state index contributed by atoms with van der Waals surface area (Å²) in [4.78, 5) is 26.8. The predicted octanol–water partition coefficient (Wildman–Crippen LogP) is 3.80. The van der Waals surface area contributed by atoms with Gasteiger partial charge in [0.15, 0.2) is 11.5 Å². The molecule has 0 unspecified atom stereocenters. The fourth-order valence-electron chi connectivity index (χ4n) is 5.54. The molecule has 0 atom stereocenters. The summed E-state index contributed by atoms with van der Waals surface area (Å²) in [6.45, 7) is 1.86. The van der Waals surface area contributed by atoms with Crippen molar-refractivity contribution in [1.29, 1.82) is 0 Å². The van der Waals surface area contributed by atoms with E-state index in [1.807, 2.05) is 0 Å². The second-order valence-corrected chi connectivity index (χ2v) is 10.4. The molecule has 5 N–H and O–H groups in total. The quantitative estimate of drug-likeness (QED) is 0.327. The number of ether oxygens (including phenoxy) is 2. The number of phenols is 2. The molecule has 1 aliphatic heterocycles. The van der Waals surface area contributed by atoms with Gasteiger partial charge in [0, 0.05) is 56.0 Å². The Labute approximate surface area is 231 Å². The van der Waals surface area contributed by atoms with Gasteiger partial charge >= 0.3 is 0 Å². The van der Waals surface area contributed by atoms with Crippen molar-refractivity contribution in [2.75, 3.05) is 20.2 Å². The lowest BCUT2D eigenvalue weighted by Crippen LogP contribution is -2.49. The van der Waals surface area contributed by atoms with Crippen LogP contribution in [0, 0.1) is 0 Å². The van der Waals surface area contributed by atoms with Crippen molar-refractivity contribution in [3.63, 3.8) is 0 Å². The van der Waals surface area contributed by atoms with Crippen molar-refractivity contribution in [2.45, 2.75) is 56.7 Å². The van der Waals surface area contributed by atoms with Gasteiger partial charge in [-0.1, -0.05) is 5.16 Å². The highest BCUT2D eigenvalue weighted by atomic mass is 16.5. The first-order chi connectivity index (χ1) is 19.3. The lowest BCUT2D eigenvalue weighted by atomic mass is 9.90. The highest BCUT2D eigenvalue weighted by molar-refractivity contribution is 5.94. The number of rotatable bonds is 8. The standard InChI is InChI=1S/C29H34N4O7/c1-38-21-8-4-19(5-9-21)33-12-10-18(11-13-33)31-29(37)23-16-26(40-32-23)27-24(35)14-20(34)15-25(27)39-22-6-2-17(3-7-22)28(30)36/h2-3,6-7,14-16,18-19,21,34-35H,4-5,8-13H2,1H3,(H2,30,36)(H,31,37). The van der Waals surface area contributed by atoms with Crippen LogP contribution < -0.4 is 15.8 Å². The van der Waals surface area contributed by atoms with Gasteiger partial charge in [-0.15, -0.1) is 0 Å². The van der Waals surface area contributed by atoms with E-state index in [1.165, 1.54) is 36.4 Å². The molecule has 2 heterocycles. The summed E-state index contributed by atoms with van der Waals surface area (Å²) < 4.78 is 16.8. The van der Waals surface area contributed by atoms with Crippen molar-refractivity contribution in [3.8, 4) is 34.3 Å². The summed E-state index contributed by atoms with van der Waals surface area (Å²) in [5, 5.41) is 27.6. The Morgan fingerprint density at radius 1 is 1.02 bits per heavy atom. The maximum absolute atomic E-state index is 13.0. The van der Waals surface area contributed by atoms with Gasteiger partial charge in [-0.25, -0.2) is 0 Å². The van der Waals surface area contributed by atoms with E-state index in [0.29, 0.717) is 23.5 Å². The Morgan fingerprint density at radius 2 is 1.73 bits per heavy atom. The molecule has 1 saturated carbocycles. The smallest absolute Gasteiger partial charge is 0.273 e. The van der Waals surface area contributed by atoms with E-state index in [2.05, 4.69) is 15.4 Å². The minimum atomic E-state index is -0.579. The molecule has 1 aliphatic carbocycles. The van der Waals surface area contributed by atoms with Gasteiger partial charge in [-0.05, 0) is 62.8 Å². The Kier molecular flexibility index (Phi) is 8.22. The summed E-state index contributed by atoms with van der Waals surface area (Å²) in [5.74, 6) is -1.01. The normalized spacial score (nSPS) is 20.2. The van der Waals surface area contributed by atoms with Gasteiger partial charge in [-0.2, -0.15) is 0 Å². The second-order valence-electron chi connectivity index (χ2n) is 10.4. The first-order valence-corrected chi connectivity index (χ1v) is 13.5. The number of piperidine rings is 1. The van der Waals surface area contributed by atoms with E-state index in [-0.39, 0.29) is 46.2 Å². The summed E-state index contributed by atoms with van der Waals surface area (Å²) in [6, 6.07) is 10.5. The van der Waals surface area contributed by atoms with Crippen LogP contribution in [0.4, 0.5) is 0 Å². The number of nitrogens with one attached hydrogen (secondary N) is 1. The van der Waals surface area contributed by atoms with Crippen LogP contribution in [0.15, 0.2) is 47.0 Å². The molecule has 0 bridgehead atoms. The molecule has 2 fully saturated rings. The fraction of sp³-hybridized carbons (Fsp3) is 0.414. The van der Waals surface area contributed by atoms with Crippen LogP contribution in [-0.4, -0.2) is 70.5 Å². The SMILES string of the molecule is COC1CCC(N2CCC(NC(=O)c3cc(-c4c(O)cc(O)cc4Oc4ccc(C(N)=O)cc4)on3)CC2)CC1. The lowest BCUT2D eigenvalue weighted by molar-refractivity contribution is 0.0309. The zero-order chi connectivity index (χ0) is 28.2. The Bertz CT molecular complexity index is 1340. The predicted molar refractivity (Wildman–Crippen MR) is 145 cm³/mol. The lowest BCUT2D eigenvalue weighted by Gasteiger charge is -2.40. The number of nitrogens with two attached hydrogens (primary N) is 1. The number of carbonyl (C=O) groups excluding carboxylic acids is 2. The highest BCUT2D eigenvalue weighted by Gasteiger charge is 2.30. The summed E-state index contributed by atoms with van der Waals surface area (Å²) in [5.41, 5.74) is 5.77. The van der Waals surface area contributed by atoms with Crippen molar-refractivity contribution in [3.05, 3.63) is 53.7 Å². The van der Waals surface area contributed by atoms with Gasteiger partial charge in [0.05, 0.1) is 6.10 Å². The van der Waals surface area contributed by atoms with Crippen LogP contribution in [0.1, 0.15) is 59.4 Å². The Hall–Kier alpha value is -4.09. The number of phenolic OH excluding ortho intramolecular Hbond substituents is 2. The highest BCUT2D eigenvalue weighted by Crippen LogP contribution is 2.43. The number of hydrogen-bond donors (Lipinski definition) is 4. The monoisotopic (exact) mass is 550 g/mol. The number of methoxy groups -OCH3 is 1. The van der Waals surface area contributed by atoms with Crippen LogP contribution in [-0.2, 0) is 4.74 Å². The van der Waals surface area contributed by atoms with Gasteiger partial charge in [0.25, 0.3) is 5.91 Å². The molecule has 40 heavy (non-hydrogen) atoms. The third-order valence-electron chi connectivity index (χ3n) is 7.78. The molecule has 2 aromatic carbocycles. The average Bonchev–Trinajstić information content (AvgIpc) is 3.43. The van der Waals surface area contributed by atoms with Crippen LogP contribution in [0.3, 0.4) is 0 Å². The number of aromatic hydroxyl groups is 2. The zero-order valence-corrected chi connectivity index (χ0v) is 22.3. The minimum Gasteiger partial charge on any atom is -0.508 e. The fourth-order valence-corrected chi connectivity index (χ4v) is 5.54. The number of carbonyl (C=O) groups is 2. The first kappa shape index (κ1) is 27.5. The number of amides is 2. The summed E-state index contributed by atoms with van der Waals surface area (Å²) in [6.07, 6.45) is 6.56. The Morgan fingerprint density at radius 3 is 2.38 bits per heavy atom. The van der Waals surface area contributed by atoms with Gasteiger partial charge in [-0.3, -0.25) is 9.59 Å². The zero-order valence-electron chi connectivity index (χ0n) is 22.3. The topological polar surface area (TPSA) is 160 Å². The van der Waals surface area contributed by atoms with Crippen molar-refractivity contribution < 1.29 is 33.8 Å². The molecule has 5 rings (SSSR count). The largest absolute Gasteiger partial charge is 0.508 e. The molecule has 3 aromatic rings. The summed E-state index contributed by atoms with van der Waals surface area (Å²) in [7, 11) is 1.78. The van der Waals surface area contributed by atoms with E-state index < -0.39 is 5.91 Å². The first-order valence-electron chi connectivity index (χ1n) is 13.5. The van der Waals surface area contributed by atoms with Gasteiger partial charge in [0.1, 0.15) is 28.6 Å². The average molecular weight is 551 g/mol. The molecular weight excluding hydrogens is 516 g/mol. The number of likely N-dealkylation sites (tertiary alicyclic amines) is 1. The Balaban J connectivity index is 1.23. The van der Waals surface area contributed by atoms with E-state index >= 15 is 0 Å². The van der Waals surface area contributed by atoms with Gasteiger partial charge < -0.3 is 40.2 Å². The van der Waals surface area contributed by atoms with Crippen LogP contribution in [0.25, 0.3) is 11.3 Å². The number of aromatic nitrogens is 1.